The minimum absolute atomic E-state index is 0.156. The highest BCUT2D eigenvalue weighted by atomic mass is 32.2. The molecule has 2 saturated heterocycles. The van der Waals surface area contributed by atoms with E-state index in [-0.39, 0.29) is 6.09 Å². The highest BCUT2D eigenvalue weighted by Gasteiger charge is 2.25. The summed E-state index contributed by atoms with van der Waals surface area (Å²) in [6.07, 6.45) is 7.23. The fourth-order valence-electron chi connectivity index (χ4n) is 3.08. The molecule has 0 spiro atoms. The second kappa shape index (κ2) is 8.44. The van der Waals surface area contributed by atoms with Crippen LogP contribution in [-0.4, -0.2) is 53.3 Å². The summed E-state index contributed by atoms with van der Waals surface area (Å²) >= 11 is 2.12. The van der Waals surface area contributed by atoms with Gasteiger partial charge in [0.25, 0.3) is 0 Å². The van der Waals surface area contributed by atoms with Gasteiger partial charge in [-0.2, -0.15) is 11.8 Å². The van der Waals surface area contributed by atoms with E-state index in [4.69, 9.17) is 4.74 Å². The average molecular weight is 329 g/mol. The van der Waals surface area contributed by atoms with Crippen molar-refractivity contribution in [2.75, 3.05) is 25.4 Å². The van der Waals surface area contributed by atoms with Gasteiger partial charge in [-0.25, -0.2) is 4.79 Å². The van der Waals surface area contributed by atoms with E-state index in [9.17, 15) is 4.79 Å². The number of nitrogens with one attached hydrogen (secondary N) is 1. The normalized spacial score (nSPS) is 27.3. The van der Waals surface area contributed by atoms with E-state index in [1.165, 1.54) is 25.0 Å². The smallest absolute Gasteiger partial charge is 0.410 e. The van der Waals surface area contributed by atoms with E-state index in [2.05, 4.69) is 17.1 Å². The standard InChI is InChI=1S/C17H32N2O2S/c1-17(2,3)21-16(20)19-10-6-7-14(9-11-19)18-13-15-8-4-5-12-22-15/h14-15,18H,4-13H2,1-3H3. The van der Waals surface area contributed by atoms with Crippen molar-refractivity contribution in [1.29, 1.82) is 0 Å². The summed E-state index contributed by atoms with van der Waals surface area (Å²) in [6, 6.07) is 0.551. The number of carbonyl (C=O) groups excluding carboxylic acids is 1. The Morgan fingerprint density at radius 1 is 1.18 bits per heavy atom. The molecule has 2 heterocycles. The molecule has 5 heteroatoms. The summed E-state index contributed by atoms with van der Waals surface area (Å²) in [6.45, 7) is 8.54. The molecule has 2 atom stereocenters. The summed E-state index contributed by atoms with van der Waals surface area (Å²) in [5, 5.41) is 4.53. The number of likely N-dealkylation sites (tertiary alicyclic amines) is 1. The van der Waals surface area contributed by atoms with Gasteiger partial charge >= 0.3 is 6.09 Å². The lowest BCUT2D eigenvalue weighted by atomic mass is 10.1. The summed E-state index contributed by atoms with van der Waals surface area (Å²) in [7, 11) is 0. The largest absolute Gasteiger partial charge is 0.444 e. The van der Waals surface area contributed by atoms with E-state index in [0.29, 0.717) is 6.04 Å². The second-order valence-electron chi connectivity index (χ2n) is 7.49. The molecule has 0 bridgehead atoms. The Hall–Kier alpha value is -0.420. The number of nitrogens with zero attached hydrogens (tertiary/aromatic N) is 1. The highest BCUT2D eigenvalue weighted by Crippen LogP contribution is 2.24. The molecule has 22 heavy (non-hydrogen) atoms. The third-order valence-electron chi connectivity index (χ3n) is 4.29. The SMILES string of the molecule is CC(C)(C)OC(=O)N1CCCC(NCC2CCCCS2)CC1. The van der Waals surface area contributed by atoms with Gasteiger partial charge < -0.3 is 15.0 Å². The molecular weight excluding hydrogens is 296 g/mol. The predicted molar refractivity (Wildman–Crippen MR) is 93.5 cm³/mol. The van der Waals surface area contributed by atoms with Gasteiger partial charge in [0.05, 0.1) is 0 Å². The zero-order valence-corrected chi connectivity index (χ0v) is 15.2. The summed E-state index contributed by atoms with van der Waals surface area (Å²) in [5.41, 5.74) is -0.404. The van der Waals surface area contributed by atoms with Crippen molar-refractivity contribution in [2.45, 2.75) is 76.2 Å². The first kappa shape index (κ1) is 17.9. The third kappa shape index (κ3) is 6.37. The van der Waals surface area contributed by atoms with E-state index in [1.807, 2.05) is 25.7 Å². The summed E-state index contributed by atoms with van der Waals surface area (Å²) in [4.78, 5) is 14.0. The van der Waals surface area contributed by atoms with Crippen LogP contribution in [0.25, 0.3) is 0 Å². The van der Waals surface area contributed by atoms with Gasteiger partial charge in [0.15, 0.2) is 0 Å². The van der Waals surface area contributed by atoms with Crippen LogP contribution in [0, 0.1) is 0 Å². The number of carbonyl (C=O) groups is 1. The Labute approximate surface area is 139 Å². The number of hydrogen-bond donors (Lipinski definition) is 1. The van der Waals surface area contributed by atoms with E-state index in [1.54, 1.807) is 0 Å². The molecular formula is C17H32N2O2S. The molecule has 0 radical (unpaired) electrons. The van der Waals surface area contributed by atoms with Crippen molar-refractivity contribution < 1.29 is 9.53 Å². The second-order valence-corrected chi connectivity index (χ2v) is 8.90. The van der Waals surface area contributed by atoms with Gasteiger partial charge in [0.2, 0.25) is 0 Å². The molecule has 1 N–H and O–H groups in total. The Bertz CT molecular complexity index is 351. The maximum absolute atomic E-state index is 12.2. The van der Waals surface area contributed by atoms with Crippen LogP contribution >= 0.6 is 11.8 Å². The fourth-order valence-corrected chi connectivity index (χ4v) is 4.33. The first-order valence-electron chi connectivity index (χ1n) is 8.77. The molecule has 1 amide bonds. The van der Waals surface area contributed by atoms with Gasteiger partial charge in [0, 0.05) is 30.9 Å². The molecule has 2 aliphatic rings. The van der Waals surface area contributed by atoms with Crippen LogP contribution in [0.2, 0.25) is 0 Å². The lowest BCUT2D eigenvalue weighted by Crippen LogP contribution is -2.39. The number of hydrogen-bond acceptors (Lipinski definition) is 4. The predicted octanol–water partition coefficient (Wildman–Crippen LogP) is 3.65. The summed E-state index contributed by atoms with van der Waals surface area (Å²) < 4.78 is 5.49. The average Bonchev–Trinajstić information content (AvgIpc) is 2.70. The van der Waals surface area contributed by atoms with Crippen LogP contribution in [0.4, 0.5) is 4.79 Å². The zero-order valence-electron chi connectivity index (χ0n) is 14.4. The van der Waals surface area contributed by atoms with E-state index in [0.717, 1.165) is 44.1 Å². The van der Waals surface area contributed by atoms with Gasteiger partial charge in [-0.1, -0.05) is 6.42 Å². The monoisotopic (exact) mass is 328 g/mol. The van der Waals surface area contributed by atoms with Crippen molar-refractivity contribution in [2.24, 2.45) is 0 Å². The maximum atomic E-state index is 12.2. The number of amides is 1. The zero-order chi connectivity index (χ0) is 16.0. The molecule has 2 rings (SSSR count). The van der Waals surface area contributed by atoms with Crippen molar-refractivity contribution in [1.82, 2.24) is 10.2 Å². The van der Waals surface area contributed by atoms with Crippen LogP contribution in [0.1, 0.15) is 59.3 Å². The minimum Gasteiger partial charge on any atom is -0.444 e. The van der Waals surface area contributed by atoms with Crippen LogP contribution < -0.4 is 5.32 Å². The van der Waals surface area contributed by atoms with Crippen molar-refractivity contribution in [3.63, 3.8) is 0 Å². The van der Waals surface area contributed by atoms with E-state index < -0.39 is 5.60 Å². The Balaban J connectivity index is 1.71. The molecule has 0 saturated carbocycles. The highest BCUT2D eigenvalue weighted by molar-refractivity contribution is 7.99. The molecule has 0 aliphatic carbocycles. The number of rotatable bonds is 3. The van der Waals surface area contributed by atoms with Crippen LogP contribution in [0.3, 0.4) is 0 Å². The van der Waals surface area contributed by atoms with Crippen molar-refractivity contribution in [3.8, 4) is 0 Å². The van der Waals surface area contributed by atoms with Gasteiger partial charge in [-0.05, 0) is 58.6 Å². The first-order chi connectivity index (χ1) is 10.4. The molecule has 0 aromatic heterocycles. The fraction of sp³-hybridized carbons (Fsp3) is 0.941. The lowest BCUT2D eigenvalue weighted by molar-refractivity contribution is 0.0256. The van der Waals surface area contributed by atoms with Crippen LogP contribution in [-0.2, 0) is 4.74 Å². The number of thioether (sulfide) groups is 1. The van der Waals surface area contributed by atoms with Crippen molar-refractivity contribution >= 4 is 17.9 Å². The Morgan fingerprint density at radius 2 is 2.00 bits per heavy atom. The third-order valence-corrected chi connectivity index (χ3v) is 5.69. The van der Waals surface area contributed by atoms with Crippen molar-refractivity contribution in [3.05, 3.63) is 0 Å². The topological polar surface area (TPSA) is 41.6 Å². The molecule has 4 nitrogen and oxygen atoms in total. The molecule has 0 aromatic rings. The quantitative estimate of drug-likeness (QED) is 0.858. The molecule has 2 fully saturated rings. The van der Waals surface area contributed by atoms with Gasteiger partial charge in [-0.3, -0.25) is 0 Å². The lowest BCUT2D eigenvalue weighted by Gasteiger charge is -2.27. The molecule has 2 aliphatic heterocycles. The van der Waals surface area contributed by atoms with Crippen LogP contribution in [0.5, 0.6) is 0 Å². The molecule has 2 unspecified atom stereocenters. The first-order valence-corrected chi connectivity index (χ1v) is 9.82. The molecule has 0 aromatic carbocycles. The Kier molecular flexibility index (Phi) is 6.87. The Morgan fingerprint density at radius 3 is 2.68 bits per heavy atom. The van der Waals surface area contributed by atoms with Crippen LogP contribution in [0.15, 0.2) is 0 Å². The van der Waals surface area contributed by atoms with Gasteiger partial charge in [-0.15, -0.1) is 0 Å². The minimum atomic E-state index is -0.404. The maximum Gasteiger partial charge on any atom is 0.410 e. The van der Waals surface area contributed by atoms with Gasteiger partial charge in [0.1, 0.15) is 5.60 Å². The number of ether oxygens (including phenoxy) is 1. The van der Waals surface area contributed by atoms with E-state index >= 15 is 0 Å². The molecule has 128 valence electrons. The summed E-state index contributed by atoms with van der Waals surface area (Å²) in [5.74, 6) is 1.32.